The number of nitrogens with two attached hydrogens (primary N) is 1. The molecule has 0 saturated heterocycles. The molecule has 1 aliphatic heterocycles. The van der Waals surface area contributed by atoms with E-state index in [0.717, 1.165) is 24.4 Å². The molecule has 2 N–H and O–H groups in total. The zero-order valence-corrected chi connectivity index (χ0v) is 12.6. The number of fused-ring (bicyclic) bond motifs is 1. The topological polar surface area (TPSA) is 46.3 Å². The first kappa shape index (κ1) is 16.3. The van der Waals surface area contributed by atoms with Gasteiger partial charge < -0.3 is 10.6 Å². The van der Waals surface area contributed by atoms with Crippen LogP contribution in [0.4, 0.5) is 0 Å². The molecule has 5 heteroatoms. The maximum atomic E-state index is 12.0. The molecule has 2 rings (SSSR count). The standard InChI is InChI=1S/C14H19ClN2O.ClH/c1-10(16)5-6-14(18)17-8-7-12-11(9-17)3-2-4-13(12)15;/h2-4,10H,5-9,16H2,1H3;1H. The van der Waals surface area contributed by atoms with Crippen LogP contribution in [0.25, 0.3) is 0 Å². The number of carbonyl (C=O) groups is 1. The molecule has 1 amide bonds. The van der Waals surface area contributed by atoms with Crippen LogP contribution in [0.1, 0.15) is 30.9 Å². The molecule has 0 bridgehead atoms. The van der Waals surface area contributed by atoms with E-state index >= 15 is 0 Å². The van der Waals surface area contributed by atoms with E-state index in [-0.39, 0.29) is 24.4 Å². The lowest BCUT2D eigenvalue weighted by Crippen LogP contribution is -2.36. The summed E-state index contributed by atoms with van der Waals surface area (Å²) in [5.41, 5.74) is 8.04. The summed E-state index contributed by atoms with van der Waals surface area (Å²) in [6.45, 7) is 3.36. The van der Waals surface area contributed by atoms with Crippen molar-refractivity contribution in [3.63, 3.8) is 0 Å². The molecule has 3 nitrogen and oxygen atoms in total. The van der Waals surface area contributed by atoms with E-state index in [1.54, 1.807) is 0 Å². The maximum Gasteiger partial charge on any atom is 0.222 e. The number of carbonyl (C=O) groups excluding carboxylic acids is 1. The molecule has 0 aliphatic carbocycles. The van der Waals surface area contributed by atoms with Gasteiger partial charge in [0, 0.05) is 30.6 Å². The van der Waals surface area contributed by atoms with Gasteiger partial charge in [-0.2, -0.15) is 0 Å². The van der Waals surface area contributed by atoms with Crippen LogP contribution in [0.3, 0.4) is 0 Å². The third-order valence-corrected chi connectivity index (χ3v) is 3.73. The second kappa shape index (κ2) is 7.13. The van der Waals surface area contributed by atoms with Gasteiger partial charge in [-0.3, -0.25) is 4.79 Å². The van der Waals surface area contributed by atoms with Crippen LogP contribution in [0.5, 0.6) is 0 Å². The number of hydrogen-bond acceptors (Lipinski definition) is 2. The van der Waals surface area contributed by atoms with Crippen LogP contribution >= 0.6 is 24.0 Å². The molecule has 0 spiro atoms. The van der Waals surface area contributed by atoms with Gasteiger partial charge in [0.15, 0.2) is 0 Å². The largest absolute Gasteiger partial charge is 0.338 e. The number of halogens is 2. The highest BCUT2D eigenvalue weighted by Crippen LogP contribution is 2.26. The Hall–Kier alpha value is -0.770. The van der Waals surface area contributed by atoms with Crippen molar-refractivity contribution in [2.24, 2.45) is 5.73 Å². The van der Waals surface area contributed by atoms with Crippen molar-refractivity contribution in [1.29, 1.82) is 0 Å². The van der Waals surface area contributed by atoms with Crippen molar-refractivity contribution in [3.05, 3.63) is 34.3 Å². The number of rotatable bonds is 3. The zero-order valence-electron chi connectivity index (χ0n) is 11.1. The molecule has 1 aromatic rings. The molecule has 1 heterocycles. The van der Waals surface area contributed by atoms with Crippen LogP contribution < -0.4 is 5.73 Å². The fraction of sp³-hybridized carbons (Fsp3) is 0.500. The summed E-state index contributed by atoms with van der Waals surface area (Å²) < 4.78 is 0. The first-order chi connectivity index (χ1) is 8.58. The Morgan fingerprint density at radius 3 is 2.95 bits per heavy atom. The van der Waals surface area contributed by atoms with Crippen molar-refractivity contribution in [3.8, 4) is 0 Å². The highest BCUT2D eigenvalue weighted by atomic mass is 35.5. The summed E-state index contributed by atoms with van der Waals surface area (Å²) in [4.78, 5) is 13.9. The van der Waals surface area contributed by atoms with Gasteiger partial charge in [0.2, 0.25) is 5.91 Å². The van der Waals surface area contributed by atoms with E-state index in [2.05, 4.69) is 0 Å². The normalized spacial score (nSPS) is 15.4. The van der Waals surface area contributed by atoms with Gasteiger partial charge in [-0.05, 0) is 37.0 Å². The fourth-order valence-electron chi connectivity index (χ4n) is 2.29. The van der Waals surface area contributed by atoms with Gasteiger partial charge in [0.1, 0.15) is 0 Å². The van der Waals surface area contributed by atoms with Gasteiger partial charge in [-0.15, -0.1) is 12.4 Å². The smallest absolute Gasteiger partial charge is 0.222 e. The molecule has 19 heavy (non-hydrogen) atoms. The Bertz CT molecular complexity index is 449. The van der Waals surface area contributed by atoms with E-state index in [4.69, 9.17) is 17.3 Å². The summed E-state index contributed by atoms with van der Waals surface area (Å²) in [5.74, 6) is 0.193. The van der Waals surface area contributed by atoms with E-state index < -0.39 is 0 Å². The van der Waals surface area contributed by atoms with Crippen LogP contribution in [0.2, 0.25) is 5.02 Å². The van der Waals surface area contributed by atoms with E-state index in [1.807, 2.05) is 30.0 Å². The van der Waals surface area contributed by atoms with Crippen molar-refractivity contribution < 1.29 is 4.79 Å². The summed E-state index contributed by atoms with van der Waals surface area (Å²) >= 11 is 6.15. The molecule has 1 atom stereocenters. The minimum atomic E-state index is 0. The average Bonchev–Trinajstić information content (AvgIpc) is 2.35. The lowest BCUT2D eigenvalue weighted by molar-refractivity contribution is -0.132. The average molecular weight is 303 g/mol. The summed E-state index contributed by atoms with van der Waals surface area (Å²) in [6.07, 6.45) is 2.13. The third kappa shape index (κ3) is 4.10. The van der Waals surface area contributed by atoms with Crippen LogP contribution in [-0.2, 0) is 17.8 Å². The summed E-state index contributed by atoms with van der Waals surface area (Å²) in [5, 5.41) is 0.815. The molecule has 1 aliphatic rings. The zero-order chi connectivity index (χ0) is 13.1. The first-order valence-electron chi connectivity index (χ1n) is 6.37. The van der Waals surface area contributed by atoms with Crippen molar-refractivity contribution in [2.45, 2.75) is 38.8 Å². The van der Waals surface area contributed by atoms with E-state index in [0.29, 0.717) is 13.0 Å². The summed E-state index contributed by atoms with van der Waals surface area (Å²) in [7, 11) is 0. The van der Waals surface area contributed by atoms with Gasteiger partial charge in [-0.1, -0.05) is 23.7 Å². The molecular formula is C14H20Cl2N2O. The third-order valence-electron chi connectivity index (χ3n) is 3.38. The highest BCUT2D eigenvalue weighted by Gasteiger charge is 2.21. The number of hydrogen-bond donors (Lipinski definition) is 1. The first-order valence-corrected chi connectivity index (χ1v) is 6.75. The molecule has 0 aromatic heterocycles. The number of benzene rings is 1. The second-order valence-corrected chi connectivity index (χ2v) is 5.37. The predicted molar refractivity (Wildman–Crippen MR) is 80.7 cm³/mol. The Labute approximate surface area is 125 Å². The van der Waals surface area contributed by atoms with Crippen LogP contribution in [0, 0.1) is 0 Å². The van der Waals surface area contributed by atoms with Gasteiger partial charge in [0.25, 0.3) is 0 Å². The Balaban J connectivity index is 0.00000180. The molecule has 106 valence electrons. The lowest BCUT2D eigenvalue weighted by Gasteiger charge is -2.29. The molecule has 1 aromatic carbocycles. The Kier molecular flexibility index (Phi) is 6.11. The predicted octanol–water partition coefficient (Wildman–Crippen LogP) is 2.77. The van der Waals surface area contributed by atoms with Gasteiger partial charge in [-0.25, -0.2) is 0 Å². The monoisotopic (exact) mass is 302 g/mol. The highest BCUT2D eigenvalue weighted by molar-refractivity contribution is 6.31. The minimum absolute atomic E-state index is 0. The SMILES string of the molecule is CC(N)CCC(=O)N1CCc2c(Cl)cccc2C1.Cl. The Morgan fingerprint density at radius 1 is 1.53 bits per heavy atom. The Morgan fingerprint density at radius 2 is 2.26 bits per heavy atom. The second-order valence-electron chi connectivity index (χ2n) is 4.96. The van der Waals surface area contributed by atoms with E-state index in [1.165, 1.54) is 11.1 Å². The number of nitrogens with zero attached hydrogens (tertiary/aromatic N) is 1. The van der Waals surface area contributed by atoms with Gasteiger partial charge >= 0.3 is 0 Å². The molecule has 0 saturated carbocycles. The fourth-order valence-corrected chi connectivity index (χ4v) is 2.57. The maximum absolute atomic E-state index is 12.0. The van der Waals surface area contributed by atoms with Crippen LogP contribution in [-0.4, -0.2) is 23.4 Å². The van der Waals surface area contributed by atoms with Crippen molar-refractivity contribution in [1.82, 2.24) is 4.90 Å². The lowest BCUT2D eigenvalue weighted by atomic mass is 9.99. The van der Waals surface area contributed by atoms with Crippen molar-refractivity contribution >= 4 is 29.9 Å². The van der Waals surface area contributed by atoms with Crippen LogP contribution in [0.15, 0.2) is 18.2 Å². The number of amides is 1. The minimum Gasteiger partial charge on any atom is -0.338 e. The van der Waals surface area contributed by atoms with Gasteiger partial charge in [0.05, 0.1) is 0 Å². The van der Waals surface area contributed by atoms with E-state index in [9.17, 15) is 4.79 Å². The quantitative estimate of drug-likeness (QED) is 0.933. The molecule has 0 radical (unpaired) electrons. The summed E-state index contributed by atoms with van der Waals surface area (Å²) in [6, 6.07) is 5.98. The molecule has 1 unspecified atom stereocenters. The molecular weight excluding hydrogens is 283 g/mol. The molecule has 0 fully saturated rings. The van der Waals surface area contributed by atoms with Crippen molar-refractivity contribution in [2.75, 3.05) is 6.54 Å².